The number of piperazine rings is 1. The van der Waals surface area contributed by atoms with Crippen molar-refractivity contribution < 1.29 is 9.53 Å². The summed E-state index contributed by atoms with van der Waals surface area (Å²) >= 11 is 0. The summed E-state index contributed by atoms with van der Waals surface area (Å²) in [6.07, 6.45) is 4.22. The molecule has 1 atom stereocenters. The molecular formula is C25H41N5O2. The smallest absolute Gasteiger partial charge is 0.310 e. The molecule has 7 heteroatoms. The van der Waals surface area contributed by atoms with Crippen molar-refractivity contribution in [3.63, 3.8) is 0 Å². The van der Waals surface area contributed by atoms with Crippen molar-refractivity contribution in [2.45, 2.75) is 39.2 Å². The van der Waals surface area contributed by atoms with Crippen molar-refractivity contribution in [1.29, 1.82) is 0 Å². The van der Waals surface area contributed by atoms with Crippen LogP contribution in [0.3, 0.4) is 0 Å². The maximum absolute atomic E-state index is 12.1. The molecule has 0 saturated carbocycles. The minimum Gasteiger partial charge on any atom is -0.466 e. The van der Waals surface area contributed by atoms with E-state index in [9.17, 15) is 4.79 Å². The third-order valence-electron chi connectivity index (χ3n) is 6.45. The Kier molecular flexibility index (Phi) is 10.3. The van der Waals surface area contributed by atoms with Gasteiger partial charge in [-0.2, -0.15) is 0 Å². The minimum absolute atomic E-state index is 0.0391. The molecule has 0 aliphatic carbocycles. The van der Waals surface area contributed by atoms with Crippen molar-refractivity contribution >= 4 is 11.9 Å². The van der Waals surface area contributed by atoms with Crippen LogP contribution >= 0.6 is 0 Å². The van der Waals surface area contributed by atoms with Gasteiger partial charge in [0.1, 0.15) is 0 Å². The third kappa shape index (κ3) is 7.78. The SMILES string of the molecule is CCOC(=O)C1CCCN(C(=NC)NCCCCN2CCN(Cc3ccccc3)CC2)C1. The summed E-state index contributed by atoms with van der Waals surface area (Å²) in [7, 11) is 1.82. The van der Waals surface area contributed by atoms with E-state index in [1.807, 2.05) is 14.0 Å². The first-order valence-electron chi connectivity index (χ1n) is 12.3. The van der Waals surface area contributed by atoms with Crippen LogP contribution in [0.4, 0.5) is 0 Å². The number of nitrogens with one attached hydrogen (secondary N) is 1. The van der Waals surface area contributed by atoms with Crippen molar-refractivity contribution in [1.82, 2.24) is 20.0 Å². The van der Waals surface area contributed by atoms with Gasteiger partial charge in [0.25, 0.3) is 0 Å². The summed E-state index contributed by atoms with van der Waals surface area (Å²) in [5, 5.41) is 3.50. The quantitative estimate of drug-likeness (QED) is 0.274. The highest BCUT2D eigenvalue weighted by atomic mass is 16.5. The zero-order chi connectivity index (χ0) is 22.6. The van der Waals surface area contributed by atoms with E-state index in [0.29, 0.717) is 13.2 Å². The van der Waals surface area contributed by atoms with Gasteiger partial charge >= 0.3 is 5.97 Å². The summed E-state index contributed by atoms with van der Waals surface area (Å²) in [5.41, 5.74) is 1.41. The molecule has 1 unspecified atom stereocenters. The van der Waals surface area contributed by atoms with Gasteiger partial charge in [-0.3, -0.25) is 14.7 Å². The number of esters is 1. The van der Waals surface area contributed by atoms with E-state index < -0.39 is 0 Å². The lowest BCUT2D eigenvalue weighted by Gasteiger charge is -2.35. The highest BCUT2D eigenvalue weighted by Gasteiger charge is 2.28. The van der Waals surface area contributed by atoms with E-state index >= 15 is 0 Å². The molecule has 2 saturated heterocycles. The Labute approximate surface area is 193 Å². The van der Waals surface area contributed by atoms with E-state index in [1.54, 1.807) is 0 Å². The fourth-order valence-corrected chi connectivity index (χ4v) is 4.63. The number of aliphatic imine (C=N–C) groups is 1. The Balaban J connectivity index is 1.28. The Morgan fingerprint density at radius 1 is 1.09 bits per heavy atom. The maximum Gasteiger partial charge on any atom is 0.310 e. The molecule has 0 amide bonds. The summed E-state index contributed by atoms with van der Waals surface area (Å²) in [6, 6.07) is 10.8. The van der Waals surface area contributed by atoms with Crippen molar-refractivity contribution in [3.05, 3.63) is 35.9 Å². The van der Waals surface area contributed by atoms with Gasteiger partial charge in [0.05, 0.1) is 12.5 Å². The Bertz CT molecular complexity index is 704. The lowest BCUT2D eigenvalue weighted by atomic mass is 9.98. The molecular weight excluding hydrogens is 402 g/mol. The molecule has 3 rings (SSSR count). The number of carbonyl (C=O) groups is 1. The number of carbonyl (C=O) groups excluding carboxylic acids is 1. The summed E-state index contributed by atoms with van der Waals surface area (Å²) in [5.74, 6) is 0.799. The van der Waals surface area contributed by atoms with Crippen molar-refractivity contribution in [2.75, 3.05) is 66.0 Å². The van der Waals surface area contributed by atoms with Crippen LogP contribution in [0, 0.1) is 5.92 Å². The van der Waals surface area contributed by atoms with Crippen LogP contribution in [0.15, 0.2) is 35.3 Å². The van der Waals surface area contributed by atoms with Gasteiger partial charge in [-0.1, -0.05) is 30.3 Å². The monoisotopic (exact) mass is 443 g/mol. The largest absolute Gasteiger partial charge is 0.466 e. The van der Waals surface area contributed by atoms with Crippen LogP contribution in [-0.2, 0) is 16.1 Å². The molecule has 2 heterocycles. The fourth-order valence-electron chi connectivity index (χ4n) is 4.63. The first-order valence-corrected chi connectivity index (χ1v) is 12.3. The van der Waals surface area contributed by atoms with Gasteiger partial charge in [0, 0.05) is 59.4 Å². The summed E-state index contributed by atoms with van der Waals surface area (Å²) < 4.78 is 5.22. The van der Waals surface area contributed by atoms with E-state index in [-0.39, 0.29) is 11.9 Å². The average Bonchev–Trinajstić information content (AvgIpc) is 2.83. The number of likely N-dealkylation sites (tertiary alicyclic amines) is 1. The zero-order valence-corrected chi connectivity index (χ0v) is 20.0. The first-order chi connectivity index (χ1) is 15.7. The fraction of sp³-hybridized carbons (Fsp3) is 0.680. The second-order valence-electron chi connectivity index (χ2n) is 8.82. The molecule has 0 radical (unpaired) electrons. The topological polar surface area (TPSA) is 60.4 Å². The van der Waals surface area contributed by atoms with Crippen LogP contribution in [0.1, 0.15) is 38.2 Å². The van der Waals surface area contributed by atoms with Crippen molar-refractivity contribution in [3.8, 4) is 0 Å². The van der Waals surface area contributed by atoms with Crippen LogP contribution in [0.2, 0.25) is 0 Å². The van der Waals surface area contributed by atoms with Crippen LogP contribution in [0.25, 0.3) is 0 Å². The van der Waals surface area contributed by atoms with E-state index in [1.165, 1.54) is 12.0 Å². The van der Waals surface area contributed by atoms with Crippen LogP contribution in [-0.4, -0.2) is 92.6 Å². The predicted octanol–water partition coefficient (Wildman–Crippen LogP) is 2.43. The van der Waals surface area contributed by atoms with Gasteiger partial charge < -0.3 is 19.9 Å². The molecule has 1 N–H and O–H groups in total. The number of hydrogen-bond donors (Lipinski definition) is 1. The van der Waals surface area contributed by atoms with Gasteiger partial charge in [0.15, 0.2) is 5.96 Å². The highest BCUT2D eigenvalue weighted by molar-refractivity contribution is 5.81. The van der Waals surface area contributed by atoms with Gasteiger partial charge in [-0.25, -0.2) is 0 Å². The number of nitrogens with zero attached hydrogens (tertiary/aromatic N) is 4. The van der Waals surface area contributed by atoms with Crippen LogP contribution in [0.5, 0.6) is 0 Å². The van der Waals surface area contributed by atoms with Gasteiger partial charge in [-0.05, 0) is 44.7 Å². The predicted molar refractivity (Wildman–Crippen MR) is 130 cm³/mol. The number of rotatable bonds is 9. The second-order valence-corrected chi connectivity index (χ2v) is 8.82. The number of ether oxygens (including phenoxy) is 1. The molecule has 2 fully saturated rings. The van der Waals surface area contributed by atoms with Gasteiger partial charge in [-0.15, -0.1) is 0 Å². The lowest BCUT2D eigenvalue weighted by molar-refractivity contribution is -0.149. The molecule has 1 aromatic carbocycles. The van der Waals surface area contributed by atoms with Crippen LogP contribution < -0.4 is 5.32 Å². The number of hydrogen-bond acceptors (Lipinski definition) is 5. The molecule has 0 spiro atoms. The zero-order valence-electron chi connectivity index (χ0n) is 20.0. The number of unbranched alkanes of at least 4 members (excludes halogenated alkanes) is 1. The Hall–Kier alpha value is -2.12. The molecule has 178 valence electrons. The first kappa shape index (κ1) is 24.5. The standard InChI is InChI=1S/C25H41N5O2/c1-3-32-24(31)23-12-9-15-30(21-23)25(26-2)27-13-7-8-14-28-16-18-29(19-17-28)20-22-10-5-4-6-11-22/h4-6,10-11,23H,3,7-9,12-21H2,1-2H3,(H,26,27). The number of piperidine rings is 1. The molecule has 0 aromatic heterocycles. The molecule has 2 aliphatic rings. The molecule has 0 bridgehead atoms. The minimum atomic E-state index is -0.0727. The lowest BCUT2D eigenvalue weighted by Crippen LogP contribution is -2.48. The molecule has 2 aliphatic heterocycles. The van der Waals surface area contributed by atoms with E-state index in [0.717, 1.165) is 77.6 Å². The Morgan fingerprint density at radius 2 is 1.84 bits per heavy atom. The average molecular weight is 444 g/mol. The summed E-state index contributed by atoms with van der Waals surface area (Å²) in [6.45, 7) is 11.7. The van der Waals surface area contributed by atoms with Crippen molar-refractivity contribution in [2.24, 2.45) is 10.9 Å². The summed E-state index contributed by atoms with van der Waals surface area (Å²) in [4.78, 5) is 23.9. The highest BCUT2D eigenvalue weighted by Crippen LogP contribution is 2.18. The van der Waals surface area contributed by atoms with E-state index in [4.69, 9.17) is 4.74 Å². The maximum atomic E-state index is 12.1. The number of guanidine groups is 1. The van der Waals surface area contributed by atoms with Gasteiger partial charge in [0.2, 0.25) is 0 Å². The second kappa shape index (κ2) is 13.4. The normalized spacial score (nSPS) is 20.9. The molecule has 32 heavy (non-hydrogen) atoms. The van der Waals surface area contributed by atoms with E-state index in [2.05, 4.69) is 55.3 Å². The number of benzene rings is 1. The molecule has 7 nitrogen and oxygen atoms in total. The Morgan fingerprint density at radius 3 is 2.56 bits per heavy atom. The third-order valence-corrected chi connectivity index (χ3v) is 6.45. The molecule has 1 aromatic rings.